The second-order valence-corrected chi connectivity index (χ2v) is 5.64. The SMILES string of the molecule is Cc1ccc(C(=O)NCc2coc(-c3cccs3)n2)c(=O)[nH]1. The number of pyridine rings is 1. The molecule has 22 heavy (non-hydrogen) atoms. The maximum atomic E-state index is 12.0. The molecule has 0 atom stereocenters. The Hall–Kier alpha value is -2.67. The molecule has 0 aliphatic carbocycles. The van der Waals surface area contributed by atoms with Gasteiger partial charge in [0, 0.05) is 5.69 Å². The second-order valence-electron chi connectivity index (χ2n) is 4.69. The van der Waals surface area contributed by atoms with E-state index in [1.807, 2.05) is 17.5 Å². The minimum absolute atomic E-state index is 0.0765. The van der Waals surface area contributed by atoms with E-state index in [-0.39, 0.29) is 12.1 Å². The van der Waals surface area contributed by atoms with Crippen molar-refractivity contribution in [2.24, 2.45) is 0 Å². The first kappa shape index (κ1) is 14.3. The molecule has 2 N–H and O–H groups in total. The third-order valence-electron chi connectivity index (χ3n) is 3.01. The van der Waals surface area contributed by atoms with E-state index in [1.54, 1.807) is 13.0 Å². The largest absolute Gasteiger partial charge is 0.443 e. The molecule has 0 fully saturated rings. The molecule has 1 amide bonds. The number of aromatic amines is 1. The monoisotopic (exact) mass is 315 g/mol. The molecule has 0 saturated carbocycles. The average molecular weight is 315 g/mol. The molecular formula is C15H13N3O3S. The van der Waals surface area contributed by atoms with Gasteiger partial charge in [-0.2, -0.15) is 0 Å². The number of aromatic nitrogens is 2. The van der Waals surface area contributed by atoms with Crippen LogP contribution in [0.2, 0.25) is 0 Å². The van der Waals surface area contributed by atoms with Gasteiger partial charge in [0.05, 0.1) is 17.1 Å². The predicted octanol–water partition coefficient (Wildman–Crippen LogP) is 2.33. The minimum Gasteiger partial charge on any atom is -0.443 e. The van der Waals surface area contributed by atoms with Gasteiger partial charge in [-0.05, 0) is 30.5 Å². The zero-order valence-electron chi connectivity index (χ0n) is 11.8. The lowest BCUT2D eigenvalue weighted by Crippen LogP contribution is -2.29. The number of aryl methyl sites for hydroxylation is 1. The number of carbonyl (C=O) groups is 1. The van der Waals surface area contributed by atoms with Gasteiger partial charge >= 0.3 is 0 Å². The first-order chi connectivity index (χ1) is 10.6. The standard InChI is InChI=1S/C15H13N3O3S/c1-9-4-5-11(14(20)17-9)13(19)16-7-10-8-21-15(18-10)12-3-2-6-22-12/h2-6,8H,7H2,1H3,(H,16,19)(H,17,20). The van der Waals surface area contributed by atoms with E-state index in [1.165, 1.54) is 23.7 Å². The fourth-order valence-electron chi connectivity index (χ4n) is 1.92. The van der Waals surface area contributed by atoms with Crippen molar-refractivity contribution >= 4 is 17.2 Å². The Morgan fingerprint density at radius 2 is 2.27 bits per heavy atom. The summed E-state index contributed by atoms with van der Waals surface area (Å²) < 4.78 is 5.37. The Labute approximate surface area is 129 Å². The summed E-state index contributed by atoms with van der Waals surface area (Å²) in [7, 11) is 0. The molecule has 0 bridgehead atoms. The van der Waals surface area contributed by atoms with Crippen molar-refractivity contribution in [3.63, 3.8) is 0 Å². The summed E-state index contributed by atoms with van der Waals surface area (Å²) >= 11 is 1.52. The van der Waals surface area contributed by atoms with E-state index in [4.69, 9.17) is 4.42 Å². The third kappa shape index (κ3) is 2.99. The number of carbonyl (C=O) groups excluding carboxylic acids is 1. The molecule has 3 heterocycles. The topological polar surface area (TPSA) is 88.0 Å². The number of thiophene rings is 1. The second kappa shape index (κ2) is 5.98. The van der Waals surface area contributed by atoms with Gasteiger partial charge in [-0.1, -0.05) is 6.07 Å². The quantitative estimate of drug-likeness (QED) is 0.773. The van der Waals surface area contributed by atoms with Crippen molar-refractivity contribution in [3.8, 4) is 10.8 Å². The zero-order chi connectivity index (χ0) is 15.5. The van der Waals surface area contributed by atoms with Crippen LogP contribution in [0.15, 0.2) is 45.1 Å². The number of rotatable bonds is 4. The van der Waals surface area contributed by atoms with Crippen LogP contribution in [-0.2, 0) is 6.54 Å². The van der Waals surface area contributed by atoms with E-state index in [0.29, 0.717) is 17.3 Å². The summed E-state index contributed by atoms with van der Waals surface area (Å²) in [5.41, 5.74) is 0.975. The number of nitrogens with zero attached hydrogens (tertiary/aromatic N) is 1. The van der Waals surface area contributed by atoms with Crippen molar-refractivity contribution in [1.29, 1.82) is 0 Å². The van der Waals surface area contributed by atoms with Crippen LogP contribution in [0.5, 0.6) is 0 Å². The van der Waals surface area contributed by atoms with Crippen molar-refractivity contribution in [3.05, 3.63) is 63.2 Å². The van der Waals surface area contributed by atoms with Crippen LogP contribution in [-0.4, -0.2) is 15.9 Å². The Bertz CT molecular complexity index is 849. The number of amides is 1. The maximum absolute atomic E-state index is 12.0. The van der Waals surface area contributed by atoms with E-state index >= 15 is 0 Å². The van der Waals surface area contributed by atoms with Crippen LogP contribution in [0.1, 0.15) is 21.7 Å². The highest BCUT2D eigenvalue weighted by molar-refractivity contribution is 7.13. The molecule has 0 saturated heterocycles. The van der Waals surface area contributed by atoms with Crippen LogP contribution in [0.25, 0.3) is 10.8 Å². The maximum Gasteiger partial charge on any atom is 0.260 e. The lowest BCUT2D eigenvalue weighted by Gasteiger charge is -2.02. The number of hydrogen-bond acceptors (Lipinski definition) is 5. The normalized spacial score (nSPS) is 10.6. The molecule has 0 unspecified atom stereocenters. The number of hydrogen-bond donors (Lipinski definition) is 2. The molecule has 0 aliphatic heterocycles. The fourth-order valence-corrected chi connectivity index (χ4v) is 2.57. The van der Waals surface area contributed by atoms with Gasteiger partial charge in [0.25, 0.3) is 11.5 Å². The first-order valence-electron chi connectivity index (χ1n) is 6.60. The van der Waals surface area contributed by atoms with E-state index in [9.17, 15) is 9.59 Å². The highest BCUT2D eigenvalue weighted by Crippen LogP contribution is 2.23. The highest BCUT2D eigenvalue weighted by Gasteiger charge is 2.12. The fraction of sp³-hybridized carbons (Fsp3) is 0.133. The van der Waals surface area contributed by atoms with E-state index in [2.05, 4.69) is 15.3 Å². The summed E-state index contributed by atoms with van der Waals surface area (Å²) in [5.74, 6) is 0.0781. The van der Waals surface area contributed by atoms with Crippen LogP contribution in [0.4, 0.5) is 0 Å². The molecule has 3 aromatic rings. The number of H-pyrrole nitrogens is 1. The summed E-state index contributed by atoms with van der Waals surface area (Å²) in [6.45, 7) is 1.95. The molecule has 3 rings (SSSR count). The van der Waals surface area contributed by atoms with Gasteiger partial charge in [-0.3, -0.25) is 9.59 Å². The molecule has 0 spiro atoms. The van der Waals surface area contributed by atoms with Gasteiger partial charge in [0.1, 0.15) is 11.8 Å². The third-order valence-corrected chi connectivity index (χ3v) is 3.87. The molecule has 0 radical (unpaired) electrons. The van der Waals surface area contributed by atoms with Crippen LogP contribution < -0.4 is 10.9 Å². The van der Waals surface area contributed by atoms with Crippen molar-refractivity contribution in [2.75, 3.05) is 0 Å². The summed E-state index contributed by atoms with van der Waals surface area (Å²) in [6, 6.07) is 7.00. The number of nitrogens with one attached hydrogen (secondary N) is 2. The molecular weight excluding hydrogens is 302 g/mol. The van der Waals surface area contributed by atoms with Crippen LogP contribution >= 0.6 is 11.3 Å². The van der Waals surface area contributed by atoms with Gasteiger partial charge in [0.2, 0.25) is 5.89 Å². The lowest BCUT2D eigenvalue weighted by atomic mass is 10.2. The molecule has 0 aromatic carbocycles. The summed E-state index contributed by atoms with van der Waals surface area (Å²) in [6.07, 6.45) is 1.49. The van der Waals surface area contributed by atoms with E-state index in [0.717, 1.165) is 4.88 Å². The van der Waals surface area contributed by atoms with Crippen molar-refractivity contribution in [1.82, 2.24) is 15.3 Å². The lowest BCUT2D eigenvalue weighted by molar-refractivity contribution is 0.0949. The van der Waals surface area contributed by atoms with Crippen molar-refractivity contribution in [2.45, 2.75) is 13.5 Å². The van der Waals surface area contributed by atoms with Gasteiger partial charge in [-0.25, -0.2) is 4.98 Å². The van der Waals surface area contributed by atoms with Gasteiger partial charge in [-0.15, -0.1) is 11.3 Å². The van der Waals surface area contributed by atoms with Crippen LogP contribution in [0, 0.1) is 6.92 Å². The van der Waals surface area contributed by atoms with Gasteiger partial charge in [0.15, 0.2) is 0 Å². The molecule has 3 aromatic heterocycles. The summed E-state index contributed by atoms with van der Waals surface area (Å²) in [5, 5.41) is 4.59. The Balaban J connectivity index is 1.67. The molecule has 6 nitrogen and oxygen atoms in total. The molecule has 7 heteroatoms. The average Bonchev–Trinajstić information content (AvgIpc) is 3.16. The summed E-state index contributed by atoms with van der Waals surface area (Å²) in [4.78, 5) is 31.5. The Morgan fingerprint density at radius 3 is 3.00 bits per heavy atom. The van der Waals surface area contributed by atoms with Gasteiger partial charge < -0.3 is 14.7 Å². The first-order valence-corrected chi connectivity index (χ1v) is 7.48. The molecule has 0 aliphatic rings. The minimum atomic E-state index is -0.443. The zero-order valence-corrected chi connectivity index (χ0v) is 12.6. The molecule has 112 valence electrons. The van der Waals surface area contributed by atoms with Crippen molar-refractivity contribution < 1.29 is 9.21 Å². The Morgan fingerprint density at radius 1 is 1.41 bits per heavy atom. The predicted molar refractivity (Wildman–Crippen MR) is 82.8 cm³/mol. The number of oxazole rings is 1. The Kier molecular flexibility index (Phi) is 3.88. The van der Waals surface area contributed by atoms with Crippen LogP contribution in [0.3, 0.4) is 0 Å². The highest BCUT2D eigenvalue weighted by atomic mass is 32.1. The smallest absolute Gasteiger partial charge is 0.260 e. The van der Waals surface area contributed by atoms with E-state index < -0.39 is 11.5 Å².